The van der Waals surface area contributed by atoms with Gasteiger partial charge in [-0.25, -0.2) is 0 Å². The third kappa shape index (κ3) is 5.13. The Balaban J connectivity index is 1.75. The molecule has 0 radical (unpaired) electrons. The van der Waals surface area contributed by atoms with Crippen LogP contribution in [0.5, 0.6) is 0 Å². The summed E-state index contributed by atoms with van der Waals surface area (Å²) in [5, 5.41) is 0. The first-order valence-electron chi connectivity index (χ1n) is 14.9. The normalized spacial score (nSPS) is 18.4. The molecule has 0 saturated carbocycles. The van der Waals surface area contributed by atoms with E-state index in [-0.39, 0.29) is 5.92 Å². The zero-order valence-corrected chi connectivity index (χ0v) is 27.2. The van der Waals surface area contributed by atoms with Gasteiger partial charge in [-0.2, -0.15) is 0 Å². The van der Waals surface area contributed by atoms with E-state index in [0.29, 0.717) is 0 Å². The fraction of sp³-hybridized carbons (Fsp3) is 0.0476. The lowest BCUT2D eigenvalue weighted by atomic mass is 9.61. The molecule has 0 heterocycles. The van der Waals surface area contributed by atoms with Crippen molar-refractivity contribution in [2.75, 3.05) is 0 Å². The van der Waals surface area contributed by atoms with Gasteiger partial charge in [0.25, 0.3) is 0 Å². The number of allylic oxidation sites excluding steroid dienone is 4. The first-order chi connectivity index (χ1) is 21.7. The van der Waals surface area contributed by atoms with Gasteiger partial charge >= 0.3 is 0 Å². The summed E-state index contributed by atoms with van der Waals surface area (Å²) < 4.78 is 0.456. The zero-order valence-electron chi connectivity index (χ0n) is 24.1. The predicted molar refractivity (Wildman–Crippen MR) is 193 cm³/mol. The Kier molecular flexibility index (Phi) is 8.04. The average Bonchev–Trinajstić information content (AvgIpc) is 3.10. The Bertz CT molecular complexity index is 1930. The molecule has 6 aromatic carbocycles. The fourth-order valence-corrected chi connectivity index (χ4v) is 8.11. The van der Waals surface area contributed by atoms with Crippen LogP contribution in [0.15, 0.2) is 180 Å². The number of halogens is 2. The molecule has 0 saturated heterocycles. The van der Waals surface area contributed by atoms with Crippen LogP contribution in [-0.4, -0.2) is 0 Å². The SMILES string of the molecule is Brc1ccc(C2=C(c3ccccc3)C(c3ccccc3)C(Br)(c3ccccc3)C(c3ccccc3)=C2c2ccccc2)cc1. The highest BCUT2D eigenvalue weighted by atomic mass is 79.9. The first kappa shape index (κ1) is 28.5. The molecule has 212 valence electrons. The highest BCUT2D eigenvalue weighted by Gasteiger charge is 2.50. The number of rotatable bonds is 6. The van der Waals surface area contributed by atoms with E-state index in [1.807, 2.05) is 0 Å². The van der Waals surface area contributed by atoms with Crippen molar-refractivity contribution in [1.29, 1.82) is 0 Å². The molecule has 1 aliphatic carbocycles. The van der Waals surface area contributed by atoms with E-state index in [1.54, 1.807) is 0 Å². The maximum atomic E-state index is 4.60. The summed E-state index contributed by atoms with van der Waals surface area (Å²) in [5.41, 5.74) is 12.2. The highest BCUT2D eigenvalue weighted by molar-refractivity contribution is 9.10. The van der Waals surface area contributed by atoms with Crippen LogP contribution in [0.2, 0.25) is 0 Å². The summed E-state index contributed by atoms with van der Waals surface area (Å²) in [7, 11) is 0. The van der Waals surface area contributed by atoms with Gasteiger partial charge in [0.2, 0.25) is 0 Å². The molecular weight excluding hydrogens is 664 g/mol. The van der Waals surface area contributed by atoms with Gasteiger partial charge in [0.1, 0.15) is 0 Å². The summed E-state index contributed by atoms with van der Waals surface area (Å²) in [5.74, 6) is -0.0604. The monoisotopic (exact) mass is 692 g/mol. The van der Waals surface area contributed by atoms with Crippen molar-refractivity contribution in [3.8, 4) is 0 Å². The molecule has 44 heavy (non-hydrogen) atoms. The van der Waals surface area contributed by atoms with Crippen LogP contribution in [0.3, 0.4) is 0 Å². The van der Waals surface area contributed by atoms with Gasteiger partial charge in [-0.3, -0.25) is 0 Å². The second kappa shape index (κ2) is 12.4. The van der Waals surface area contributed by atoms with Gasteiger partial charge in [-0.15, -0.1) is 0 Å². The summed E-state index contributed by atoms with van der Waals surface area (Å²) in [6.45, 7) is 0. The minimum absolute atomic E-state index is 0.0604. The molecule has 0 nitrogen and oxygen atoms in total. The van der Waals surface area contributed by atoms with Gasteiger partial charge in [-0.05, 0) is 67.8 Å². The second-order valence-electron chi connectivity index (χ2n) is 11.1. The topological polar surface area (TPSA) is 0 Å². The number of hydrogen-bond donors (Lipinski definition) is 0. The molecule has 0 fully saturated rings. The van der Waals surface area contributed by atoms with Crippen molar-refractivity contribution >= 4 is 54.2 Å². The molecule has 0 bridgehead atoms. The highest BCUT2D eigenvalue weighted by Crippen LogP contribution is 2.66. The smallest absolute Gasteiger partial charge is 0.0738 e. The lowest BCUT2D eigenvalue weighted by molar-refractivity contribution is 0.721. The fourth-order valence-electron chi connectivity index (χ4n) is 6.66. The molecule has 0 spiro atoms. The largest absolute Gasteiger partial charge is 0.0875 e. The number of alkyl halides is 1. The van der Waals surface area contributed by atoms with E-state index < -0.39 is 4.32 Å². The van der Waals surface area contributed by atoms with Crippen LogP contribution >= 0.6 is 31.9 Å². The van der Waals surface area contributed by atoms with Gasteiger partial charge < -0.3 is 0 Å². The summed E-state index contributed by atoms with van der Waals surface area (Å²) in [6.07, 6.45) is 0. The van der Waals surface area contributed by atoms with Crippen molar-refractivity contribution < 1.29 is 0 Å². The van der Waals surface area contributed by atoms with Crippen molar-refractivity contribution in [2.24, 2.45) is 0 Å². The van der Waals surface area contributed by atoms with Gasteiger partial charge in [0, 0.05) is 10.4 Å². The first-order valence-corrected chi connectivity index (χ1v) is 16.5. The van der Waals surface area contributed by atoms with E-state index in [0.717, 1.165) is 4.47 Å². The quantitative estimate of drug-likeness (QED) is 0.152. The Morgan fingerprint density at radius 3 is 1.39 bits per heavy atom. The van der Waals surface area contributed by atoms with Crippen LogP contribution < -0.4 is 0 Å². The molecule has 0 N–H and O–H groups in total. The summed E-state index contributed by atoms with van der Waals surface area (Å²) in [4.78, 5) is 0. The van der Waals surface area contributed by atoms with Crippen LogP contribution in [0.25, 0.3) is 22.3 Å². The van der Waals surface area contributed by atoms with Crippen LogP contribution in [0.1, 0.15) is 39.3 Å². The Morgan fingerprint density at radius 1 is 0.409 bits per heavy atom. The summed E-state index contributed by atoms with van der Waals surface area (Å²) >= 11 is 8.30. The van der Waals surface area contributed by atoms with E-state index in [9.17, 15) is 0 Å². The van der Waals surface area contributed by atoms with E-state index >= 15 is 0 Å². The molecule has 2 atom stereocenters. The van der Waals surface area contributed by atoms with Crippen molar-refractivity contribution in [3.05, 3.63) is 214 Å². The molecule has 1 aliphatic rings. The van der Waals surface area contributed by atoms with Crippen molar-refractivity contribution in [2.45, 2.75) is 10.2 Å². The molecule has 0 aliphatic heterocycles. The lowest BCUT2D eigenvalue weighted by Crippen LogP contribution is -2.34. The minimum Gasteiger partial charge on any atom is -0.0738 e. The Labute approximate surface area is 276 Å². The molecule has 0 amide bonds. The molecular formula is C42H30Br2. The summed E-state index contributed by atoms with van der Waals surface area (Å²) in [6, 6.07) is 63.5. The van der Waals surface area contributed by atoms with Crippen LogP contribution in [0, 0.1) is 0 Å². The standard InChI is InChI=1S/C42H30Br2/c43-36-28-26-32(27-29-36)37-38(30-16-6-1-7-17-30)40(33-20-10-3-11-21-33)42(44,35-24-14-5-15-25-35)41(34-22-12-4-13-23-34)39(37)31-18-8-2-9-19-31/h1-29,40H. The minimum atomic E-state index is -0.605. The van der Waals surface area contributed by atoms with Crippen LogP contribution in [-0.2, 0) is 4.32 Å². The van der Waals surface area contributed by atoms with Crippen molar-refractivity contribution in [3.63, 3.8) is 0 Å². The molecule has 2 unspecified atom stereocenters. The molecule has 0 aromatic heterocycles. The van der Waals surface area contributed by atoms with Crippen molar-refractivity contribution in [1.82, 2.24) is 0 Å². The van der Waals surface area contributed by atoms with E-state index in [4.69, 9.17) is 0 Å². The molecule has 6 aromatic rings. The third-order valence-electron chi connectivity index (χ3n) is 8.49. The molecule has 7 rings (SSSR count). The number of benzene rings is 6. The Hall–Kier alpha value is -4.24. The zero-order chi connectivity index (χ0) is 29.9. The number of hydrogen-bond acceptors (Lipinski definition) is 0. The average molecular weight is 695 g/mol. The lowest BCUT2D eigenvalue weighted by Gasteiger charge is -2.47. The van der Waals surface area contributed by atoms with E-state index in [1.165, 1.54) is 55.7 Å². The van der Waals surface area contributed by atoms with E-state index in [2.05, 4.69) is 208 Å². The van der Waals surface area contributed by atoms with Gasteiger partial charge in [0.05, 0.1) is 4.32 Å². The van der Waals surface area contributed by atoms with Gasteiger partial charge in [0.15, 0.2) is 0 Å². The van der Waals surface area contributed by atoms with Crippen LogP contribution in [0.4, 0.5) is 0 Å². The molecule has 2 heteroatoms. The maximum absolute atomic E-state index is 4.60. The Morgan fingerprint density at radius 2 is 0.841 bits per heavy atom. The van der Waals surface area contributed by atoms with Gasteiger partial charge in [-0.1, -0.05) is 196 Å². The predicted octanol–water partition coefficient (Wildman–Crippen LogP) is 12.1. The second-order valence-corrected chi connectivity index (χ2v) is 13.2. The third-order valence-corrected chi connectivity index (χ3v) is 10.3. The maximum Gasteiger partial charge on any atom is 0.0875 e.